The highest BCUT2D eigenvalue weighted by Crippen LogP contribution is 2.22. The van der Waals surface area contributed by atoms with Gasteiger partial charge in [-0.1, -0.05) is 19.1 Å². The average Bonchev–Trinajstić information content (AvgIpc) is 2.43. The number of nitro groups is 1. The van der Waals surface area contributed by atoms with Gasteiger partial charge < -0.3 is 16.0 Å². The Morgan fingerprint density at radius 3 is 2.70 bits per heavy atom. The Morgan fingerprint density at radius 2 is 2.05 bits per heavy atom. The fraction of sp³-hybridized carbons (Fsp3) is 0.462. The number of benzene rings is 1. The van der Waals surface area contributed by atoms with Gasteiger partial charge in [-0.15, -0.1) is 0 Å². The molecule has 7 heteroatoms. The minimum atomic E-state index is -0.435. The quantitative estimate of drug-likeness (QED) is 0.375. The van der Waals surface area contributed by atoms with Gasteiger partial charge in [-0.3, -0.25) is 14.9 Å². The Kier molecular flexibility index (Phi) is 6.45. The minimum Gasteiger partial charge on any atom is -0.378 e. The van der Waals surface area contributed by atoms with Crippen LogP contribution in [-0.2, 0) is 4.79 Å². The molecule has 1 aromatic carbocycles. The monoisotopic (exact) mass is 280 g/mol. The van der Waals surface area contributed by atoms with Gasteiger partial charge in [0.25, 0.3) is 5.69 Å². The molecule has 1 rings (SSSR count). The summed E-state index contributed by atoms with van der Waals surface area (Å²) in [5, 5.41) is 19.5. The number of anilines is 1. The maximum Gasteiger partial charge on any atom is 0.292 e. The first-order valence-electron chi connectivity index (χ1n) is 6.46. The number of hydrogen-bond donors (Lipinski definition) is 3. The zero-order valence-electron chi connectivity index (χ0n) is 11.7. The van der Waals surface area contributed by atoms with E-state index in [0.717, 1.165) is 0 Å². The number of nitrogens with zero attached hydrogens (tertiary/aromatic N) is 1. The standard InChI is InChI=1S/C13H20N4O3/c1-10(9-14-2)13(18)16-8-7-15-11-5-3-4-6-12(11)17(19)20/h3-6,10,14-15H,7-9H2,1-2H3,(H,16,18). The molecule has 0 aliphatic carbocycles. The van der Waals surface area contributed by atoms with E-state index >= 15 is 0 Å². The van der Waals surface area contributed by atoms with E-state index in [1.807, 2.05) is 6.92 Å². The van der Waals surface area contributed by atoms with Crippen LogP contribution in [0.4, 0.5) is 11.4 Å². The number of carbonyl (C=O) groups excluding carboxylic acids is 1. The second-order valence-corrected chi connectivity index (χ2v) is 4.45. The van der Waals surface area contributed by atoms with Crippen LogP contribution in [0.15, 0.2) is 24.3 Å². The molecule has 0 bridgehead atoms. The molecule has 3 N–H and O–H groups in total. The molecule has 0 saturated heterocycles. The van der Waals surface area contributed by atoms with Crippen molar-refractivity contribution in [1.82, 2.24) is 10.6 Å². The minimum absolute atomic E-state index is 0.0300. The first-order valence-corrected chi connectivity index (χ1v) is 6.46. The van der Waals surface area contributed by atoms with Gasteiger partial charge in [-0.2, -0.15) is 0 Å². The summed E-state index contributed by atoms with van der Waals surface area (Å²) in [4.78, 5) is 22.0. The molecule has 0 radical (unpaired) electrons. The zero-order valence-corrected chi connectivity index (χ0v) is 11.7. The van der Waals surface area contributed by atoms with Crippen LogP contribution in [0, 0.1) is 16.0 Å². The molecular formula is C13H20N4O3. The van der Waals surface area contributed by atoms with Crippen LogP contribution in [0.2, 0.25) is 0 Å². The molecule has 1 unspecified atom stereocenters. The van der Waals surface area contributed by atoms with Gasteiger partial charge in [0.2, 0.25) is 5.91 Å². The molecule has 0 spiro atoms. The van der Waals surface area contributed by atoms with Crippen molar-refractivity contribution in [3.8, 4) is 0 Å². The van der Waals surface area contributed by atoms with Crippen molar-refractivity contribution < 1.29 is 9.72 Å². The van der Waals surface area contributed by atoms with Crippen molar-refractivity contribution in [2.24, 2.45) is 5.92 Å². The van der Waals surface area contributed by atoms with Crippen LogP contribution in [0.3, 0.4) is 0 Å². The summed E-state index contributed by atoms with van der Waals surface area (Å²) in [5.41, 5.74) is 0.484. The first-order chi connectivity index (χ1) is 9.56. The lowest BCUT2D eigenvalue weighted by Gasteiger charge is -2.12. The lowest BCUT2D eigenvalue weighted by Crippen LogP contribution is -2.36. The van der Waals surface area contributed by atoms with E-state index in [9.17, 15) is 14.9 Å². The van der Waals surface area contributed by atoms with Crippen molar-refractivity contribution in [2.45, 2.75) is 6.92 Å². The van der Waals surface area contributed by atoms with E-state index < -0.39 is 4.92 Å². The molecule has 0 aromatic heterocycles. The highest BCUT2D eigenvalue weighted by molar-refractivity contribution is 5.78. The summed E-state index contributed by atoms with van der Waals surface area (Å²) in [6.07, 6.45) is 0. The zero-order chi connectivity index (χ0) is 15.0. The van der Waals surface area contributed by atoms with E-state index in [1.165, 1.54) is 6.07 Å². The molecule has 7 nitrogen and oxygen atoms in total. The van der Waals surface area contributed by atoms with E-state index in [4.69, 9.17) is 0 Å². The topological polar surface area (TPSA) is 96.3 Å². The number of rotatable bonds is 8. The van der Waals surface area contributed by atoms with Crippen LogP contribution < -0.4 is 16.0 Å². The van der Waals surface area contributed by atoms with Crippen LogP contribution in [0.1, 0.15) is 6.92 Å². The fourth-order valence-corrected chi connectivity index (χ4v) is 1.74. The molecule has 0 aliphatic heterocycles. The SMILES string of the molecule is CNCC(C)C(=O)NCCNc1ccccc1[N+](=O)[O-]. The number of carbonyl (C=O) groups is 1. The number of amides is 1. The molecule has 1 amide bonds. The predicted octanol–water partition coefficient (Wildman–Crippen LogP) is 0.978. The molecular weight excluding hydrogens is 260 g/mol. The number of para-hydroxylation sites is 2. The van der Waals surface area contributed by atoms with E-state index in [-0.39, 0.29) is 17.5 Å². The molecule has 1 atom stereocenters. The van der Waals surface area contributed by atoms with Gasteiger partial charge in [0.05, 0.1) is 4.92 Å². The molecule has 1 aromatic rings. The highest BCUT2D eigenvalue weighted by Gasteiger charge is 2.12. The average molecular weight is 280 g/mol. The summed E-state index contributed by atoms with van der Waals surface area (Å²) >= 11 is 0. The third kappa shape index (κ3) is 4.85. The Hall–Kier alpha value is -2.15. The molecule has 110 valence electrons. The largest absolute Gasteiger partial charge is 0.378 e. The van der Waals surface area contributed by atoms with Gasteiger partial charge in [0, 0.05) is 31.6 Å². The van der Waals surface area contributed by atoms with Crippen molar-refractivity contribution in [3.63, 3.8) is 0 Å². The fourth-order valence-electron chi connectivity index (χ4n) is 1.74. The van der Waals surface area contributed by atoms with E-state index in [1.54, 1.807) is 25.2 Å². The van der Waals surface area contributed by atoms with Crippen LogP contribution in [0.5, 0.6) is 0 Å². The molecule has 0 heterocycles. The third-order valence-electron chi connectivity index (χ3n) is 2.80. The summed E-state index contributed by atoms with van der Waals surface area (Å²) in [7, 11) is 1.79. The summed E-state index contributed by atoms with van der Waals surface area (Å²) in [6, 6.07) is 6.42. The van der Waals surface area contributed by atoms with Crippen LogP contribution in [-0.4, -0.2) is 37.5 Å². The predicted molar refractivity (Wildman–Crippen MR) is 77.7 cm³/mol. The van der Waals surface area contributed by atoms with Crippen molar-refractivity contribution in [1.29, 1.82) is 0 Å². The summed E-state index contributed by atoms with van der Waals surface area (Å²) < 4.78 is 0. The normalized spacial score (nSPS) is 11.7. The highest BCUT2D eigenvalue weighted by atomic mass is 16.6. The van der Waals surface area contributed by atoms with E-state index in [2.05, 4.69) is 16.0 Å². The van der Waals surface area contributed by atoms with Crippen molar-refractivity contribution in [2.75, 3.05) is 32.0 Å². The van der Waals surface area contributed by atoms with Gasteiger partial charge in [-0.25, -0.2) is 0 Å². The number of hydrogen-bond acceptors (Lipinski definition) is 5. The molecule has 0 fully saturated rings. The third-order valence-corrected chi connectivity index (χ3v) is 2.80. The second-order valence-electron chi connectivity index (χ2n) is 4.45. The van der Waals surface area contributed by atoms with Crippen LogP contribution in [0.25, 0.3) is 0 Å². The molecule has 0 saturated carbocycles. The molecule has 20 heavy (non-hydrogen) atoms. The van der Waals surface area contributed by atoms with Gasteiger partial charge in [-0.05, 0) is 13.1 Å². The molecule has 0 aliphatic rings. The number of nitrogens with one attached hydrogen (secondary N) is 3. The smallest absolute Gasteiger partial charge is 0.292 e. The van der Waals surface area contributed by atoms with Gasteiger partial charge in [0.15, 0.2) is 0 Å². The lowest BCUT2D eigenvalue weighted by atomic mass is 10.1. The second kappa shape index (κ2) is 8.11. The lowest BCUT2D eigenvalue weighted by molar-refractivity contribution is -0.384. The first kappa shape index (κ1) is 15.9. The van der Waals surface area contributed by atoms with E-state index in [0.29, 0.717) is 25.3 Å². The van der Waals surface area contributed by atoms with Crippen LogP contribution >= 0.6 is 0 Å². The maximum absolute atomic E-state index is 11.6. The van der Waals surface area contributed by atoms with Crippen molar-refractivity contribution >= 4 is 17.3 Å². The summed E-state index contributed by atoms with van der Waals surface area (Å²) in [5.74, 6) is -0.144. The number of nitro benzene ring substituents is 1. The summed E-state index contributed by atoms with van der Waals surface area (Å²) in [6.45, 7) is 3.30. The Bertz CT molecular complexity index is 465. The Morgan fingerprint density at radius 1 is 1.35 bits per heavy atom. The van der Waals surface area contributed by atoms with Gasteiger partial charge >= 0.3 is 0 Å². The Balaban J connectivity index is 2.38. The maximum atomic E-state index is 11.6. The van der Waals surface area contributed by atoms with Crippen molar-refractivity contribution in [3.05, 3.63) is 34.4 Å². The van der Waals surface area contributed by atoms with Gasteiger partial charge in [0.1, 0.15) is 5.69 Å². The Labute approximate surface area is 117 Å².